The summed E-state index contributed by atoms with van der Waals surface area (Å²) in [6.07, 6.45) is 2.06. The number of aromatic nitrogens is 1. The van der Waals surface area contributed by atoms with Gasteiger partial charge in [-0.3, -0.25) is 0 Å². The van der Waals surface area contributed by atoms with Gasteiger partial charge < -0.3 is 19.0 Å². The second-order valence-corrected chi connectivity index (χ2v) is 5.49. The van der Waals surface area contributed by atoms with Crippen molar-refractivity contribution in [2.75, 3.05) is 14.2 Å². The van der Waals surface area contributed by atoms with E-state index in [0.717, 1.165) is 44.6 Å². The van der Waals surface area contributed by atoms with Crippen molar-refractivity contribution in [1.29, 1.82) is 0 Å². The zero-order valence-electron chi connectivity index (χ0n) is 13.0. The first kappa shape index (κ1) is 13.9. The van der Waals surface area contributed by atoms with Gasteiger partial charge in [-0.2, -0.15) is 0 Å². The molecule has 0 fully saturated rings. The van der Waals surface area contributed by atoms with Crippen molar-refractivity contribution in [2.45, 2.75) is 6.61 Å². The van der Waals surface area contributed by atoms with Crippen LogP contribution in [0.3, 0.4) is 0 Å². The van der Waals surface area contributed by atoms with Crippen LogP contribution in [0, 0.1) is 0 Å². The molecule has 0 atom stereocenters. The van der Waals surface area contributed by atoms with Gasteiger partial charge in [0.25, 0.3) is 0 Å². The summed E-state index contributed by atoms with van der Waals surface area (Å²) in [6, 6.07) is 14.1. The second-order valence-electron chi connectivity index (χ2n) is 5.49. The predicted molar refractivity (Wildman–Crippen MR) is 90.6 cm³/mol. The van der Waals surface area contributed by atoms with Crippen molar-refractivity contribution in [1.82, 2.24) is 4.40 Å². The van der Waals surface area contributed by atoms with Crippen molar-refractivity contribution < 1.29 is 14.6 Å². The van der Waals surface area contributed by atoms with E-state index in [1.165, 1.54) is 0 Å². The minimum Gasteiger partial charge on any atom is -0.496 e. The maximum atomic E-state index is 9.70. The average molecular weight is 307 g/mol. The first-order valence-corrected chi connectivity index (χ1v) is 7.45. The molecule has 4 rings (SSSR count). The lowest BCUT2D eigenvalue weighted by molar-refractivity contribution is 0.276. The quantitative estimate of drug-likeness (QED) is 0.625. The van der Waals surface area contributed by atoms with Gasteiger partial charge in [0.1, 0.15) is 11.5 Å². The molecule has 0 radical (unpaired) electrons. The Bertz CT molecular complexity index is 973. The zero-order valence-corrected chi connectivity index (χ0v) is 13.0. The van der Waals surface area contributed by atoms with E-state index in [1.807, 2.05) is 34.7 Å². The highest BCUT2D eigenvalue weighted by atomic mass is 16.5. The normalized spacial score (nSPS) is 11.4. The molecule has 0 spiro atoms. The van der Waals surface area contributed by atoms with Crippen molar-refractivity contribution in [3.63, 3.8) is 0 Å². The lowest BCUT2D eigenvalue weighted by Crippen LogP contribution is -1.89. The van der Waals surface area contributed by atoms with Crippen LogP contribution in [0.2, 0.25) is 0 Å². The molecule has 23 heavy (non-hydrogen) atoms. The van der Waals surface area contributed by atoms with Crippen molar-refractivity contribution in [3.05, 3.63) is 54.4 Å². The zero-order chi connectivity index (χ0) is 16.0. The maximum Gasteiger partial charge on any atom is 0.132 e. The molecule has 2 heterocycles. The molecule has 0 aliphatic carbocycles. The molecule has 0 aliphatic heterocycles. The van der Waals surface area contributed by atoms with Gasteiger partial charge in [-0.1, -0.05) is 30.3 Å². The molecular weight excluding hydrogens is 290 g/mol. The summed E-state index contributed by atoms with van der Waals surface area (Å²) >= 11 is 0. The summed E-state index contributed by atoms with van der Waals surface area (Å²) in [5, 5.41) is 11.7. The Labute approximate surface area is 133 Å². The van der Waals surface area contributed by atoms with Gasteiger partial charge in [0, 0.05) is 28.9 Å². The Kier molecular flexibility index (Phi) is 3.13. The number of nitrogens with zero attached hydrogens (tertiary/aromatic N) is 1. The van der Waals surface area contributed by atoms with Crippen LogP contribution in [0.4, 0.5) is 0 Å². The van der Waals surface area contributed by atoms with Gasteiger partial charge >= 0.3 is 0 Å². The molecule has 0 aliphatic rings. The van der Waals surface area contributed by atoms with Crippen LogP contribution in [0.1, 0.15) is 5.69 Å². The fourth-order valence-electron chi connectivity index (χ4n) is 3.30. The second kappa shape index (κ2) is 5.18. The van der Waals surface area contributed by atoms with E-state index in [4.69, 9.17) is 9.47 Å². The number of hydrogen-bond donors (Lipinski definition) is 1. The van der Waals surface area contributed by atoms with Crippen LogP contribution in [0.25, 0.3) is 27.4 Å². The number of aliphatic hydroxyl groups excluding tert-OH is 1. The minimum atomic E-state index is -0.0296. The number of ether oxygens (including phenoxy) is 2. The van der Waals surface area contributed by atoms with E-state index in [-0.39, 0.29) is 6.61 Å². The van der Waals surface area contributed by atoms with E-state index >= 15 is 0 Å². The van der Waals surface area contributed by atoms with E-state index < -0.39 is 0 Å². The molecule has 0 saturated heterocycles. The Morgan fingerprint density at radius 1 is 1.00 bits per heavy atom. The fourth-order valence-corrected chi connectivity index (χ4v) is 3.30. The van der Waals surface area contributed by atoms with E-state index in [9.17, 15) is 5.11 Å². The van der Waals surface area contributed by atoms with Gasteiger partial charge in [-0.05, 0) is 11.6 Å². The highest BCUT2D eigenvalue weighted by Crippen LogP contribution is 2.44. The molecule has 0 amide bonds. The first-order valence-electron chi connectivity index (χ1n) is 7.45. The lowest BCUT2D eigenvalue weighted by Gasteiger charge is -2.09. The Morgan fingerprint density at radius 2 is 1.74 bits per heavy atom. The molecule has 2 aromatic carbocycles. The summed E-state index contributed by atoms with van der Waals surface area (Å²) in [7, 11) is 3.31. The third kappa shape index (κ3) is 1.88. The average Bonchev–Trinajstić information content (AvgIpc) is 3.17. The standard InChI is InChI=1S/C19H17NO3/c1-22-16-9-17(23-2)18-15(12-6-4-3-5-7-12)10-20-13(11-21)8-14(16)19(18)20/h3-10,21H,11H2,1-2H3. The molecule has 0 bridgehead atoms. The first-order chi connectivity index (χ1) is 11.3. The van der Waals surface area contributed by atoms with E-state index in [0.29, 0.717) is 0 Å². The van der Waals surface area contributed by atoms with Gasteiger partial charge in [-0.15, -0.1) is 0 Å². The molecule has 2 aromatic heterocycles. The van der Waals surface area contributed by atoms with Crippen LogP contribution < -0.4 is 9.47 Å². The number of hydrogen-bond acceptors (Lipinski definition) is 3. The molecule has 0 saturated carbocycles. The Hall–Kier alpha value is -2.72. The van der Waals surface area contributed by atoms with Crippen molar-refractivity contribution in [3.8, 4) is 22.6 Å². The van der Waals surface area contributed by atoms with Crippen LogP contribution in [-0.2, 0) is 6.61 Å². The molecule has 4 nitrogen and oxygen atoms in total. The number of methoxy groups -OCH3 is 2. The monoisotopic (exact) mass is 307 g/mol. The number of aliphatic hydroxyl groups is 1. The summed E-state index contributed by atoms with van der Waals surface area (Å²) in [6.45, 7) is -0.0296. The predicted octanol–water partition coefficient (Wildman–Crippen LogP) is 3.71. The molecule has 1 N–H and O–H groups in total. The van der Waals surface area contributed by atoms with E-state index in [1.54, 1.807) is 14.2 Å². The SMILES string of the molecule is COc1cc(OC)c2c(-c3ccccc3)cn3c(CO)cc1c23. The third-order valence-corrected chi connectivity index (χ3v) is 4.34. The maximum absolute atomic E-state index is 9.70. The molecule has 116 valence electrons. The van der Waals surface area contributed by atoms with E-state index in [2.05, 4.69) is 18.3 Å². The fraction of sp³-hybridized carbons (Fsp3) is 0.158. The summed E-state index contributed by atoms with van der Waals surface area (Å²) < 4.78 is 13.2. The molecule has 4 heteroatoms. The Morgan fingerprint density at radius 3 is 2.39 bits per heavy atom. The highest BCUT2D eigenvalue weighted by molar-refractivity contribution is 6.11. The smallest absolute Gasteiger partial charge is 0.132 e. The highest BCUT2D eigenvalue weighted by Gasteiger charge is 2.21. The minimum absolute atomic E-state index is 0.0296. The largest absolute Gasteiger partial charge is 0.496 e. The van der Waals surface area contributed by atoms with Crippen LogP contribution in [-0.4, -0.2) is 23.7 Å². The summed E-state index contributed by atoms with van der Waals surface area (Å²) in [5.41, 5.74) is 4.05. The van der Waals surface area contributed by atoms with Crippen LogP contribution >= 0.6 is 0 Å². The molecule has 4 aromatic rings. The Balaban J connectivity index is 2.18. The molecular formula is C19H17NO3. The molecule has 0 unspecified atom stereocenters. The topological polar surface area (TPSA) is 43.1 Å². The van der Waals surface area contributed by atoms with Gasteiger partial charge in [0.15, 0.2) is 0 Å². The number of rotatable bonds is 4. The third-order valence-electron chi connectivity index (χ3n) is 4.34. The lowest BCUT2D eigenvalue weighted by atomic mass is 10.0. The van der Waals surface area contributed by atoms with Crippen LogP contribution in [0.5, 0.6) is 11.5 Å². The number of benzene rings is 2. The van der Waals surface area contributed by atoms with Gasteiger partial charge in [0.2, 0.25) is 0 Å². The van der Waals surface area contributed by atoms with Crippen molar-refractivity contribution >= 4 is 16.3 Å². The van der Waals surface area contributed by atoms with Crippen LogP contribution in [0.15, 0.2) is 48.7 Å². The van der Waals surface area contributed by atoms with Gasteiger partial charge in [0.05, 0.1) is 31.7 Å². The summed E-state index contributed by atoms with van der Waals surface area (Å²) in [4.78, 5) is 0. The summed E-state index contributed by atoms with van der Waals surface area (Å²) in [5.74, 6) is 1.52. The van der Waals surface area contributed by atoms with Gasteiger partial charge in [-0.25, -0.2) is 0 Å². The van der Waals surface area contributed by atoms with Crippen molar-refractivity contribution in [2.24, 2.45) is 0 Å².